The van der Waals surface area contributed by atoms with Gasteiger partial charge in [0, 0.05) is 24.4 Å². The minimum Gasteiger partial charge on any atom is -0.633 e. The molecule has 104 valence electrons. The van der Waals surface area contributed by atoms with Gasteiger partial charge in [0.25, 0.3) is 0 Å². The molecule has 19 heavy (non-hydrogen) atoms. The van der Waals surface area contributed by atoms with Crippen LogP contribution in [0.1, 0.15) is 32.1 Å². The molecule has 0 N–H and O–H groups in total. The Morgan fingerprint density at radius 3 is 2.89 bits per heavy atom. The molecular weight excluding hydrogens is 240 g/mol. The van der Waals surface area contributed by atoms with Crippen molar-refractivity contribution in [2.45, 2.75) is 44.2 Å². The van der Waals surface area contributed by atoms with E-state index in [1.54, 1.807) is 6.08 Å². The quantitative estimate of drug-likeness (QED) is 0.492. The van der Waals surface area contributed by atoms with E-state index in [-0.39, 0.29) is 16.6 Å². The second-order valence-corrected chi connectivity index (χ2v) is 6.79. The zero-order chi connectivity index (χ0) is 13.0. The molecular formula is C15H22N2O2. The summed E-state index contributed by atoms with van der Waals surface area (Å²) in [5, 5.41) is 13.1. The van der Waals surface area contributed by atoms with E-state index < -0.39 is 0 Å². The summed E-state index contributed by atoms with van der Waals surface area (Å²) in [7, 11) is 0. The predicted octanol–water partition coefficient (Wildman–Crippen LogP) is 1.66. The molecule has 3 saturated heterocycles. The molecule has 4 aliphatic rings. The summed E-state index contributed by atoms with van der Waals surface area (Å²) in [6, 6.07) is 0.589. The second-order valence-electron chi connectivity index (χ2n) is 6.79. The lowest BCUT2D eigenvalue weighted by molar-refractivity contribution is -0.925. The minimum absolute atomic E-state index is 0.0532. The van der Waals surface area contributed by atoms with Gasteiger partial charge in [-0.3, -0.25) is 4.79 Å². The number of carbonyl (C=O) groups excluding carboxylic acids is 1. The van der Waals surface area contributed by atoms with Gasteiger partial charge in [-0.2, -0.15) is 0 Å². The highest BCUT2D eigenvalue weighted by Gasteiger charge is 2.54. The number of carbonyl (C=O) groups is 1. The molecule has 3 fully saturated rings. The summed E-state index contributed by atoms with van der Waals surface area (Å²) in [5.41, 5.74) is 0. The van der Waals surface area contributed by atoms with Crippen LogP contribution in [0.15, 0.2) is 12.2 Å². The van der Waals surface area contributed by atoms with Gasteiger partial charge in [-0.05, 0) is 38.2 Å². The molecule has 0 bridgehead atoms. The Kier molecular flexibility index (Phi) is 2.55. The van der Waals surface area contributed by atoms with E-state index in [0.717, 1.165) is 51.7 Å². The van der Waals surface area contributed by atoms with E-state index in [4.69, 9.17) is 0 Å². The topological polar surface area (TPSA) is 43.4 Å². The number of rotatable bonds is 0. The van der Waals surface area contributed by atoms with Gasteiger partial charge in [0.2, 0.25) is 5.91 Å². The first kappa shape index (κ1) is 11.9. The van der Waals surface area contributed by atoms with Crippen LogP contribution in [0.25, 0.3) is 0 Å². The molecule has 4 nitrogen and oxygen atoms in total. The van der Waals surface area contributed by atoms with Crippen LogP contribution in [0.5, 0.6) is 0 Å². The van der Waals surface area contributed by atoms with Gasteiger partial charge < -0.3 is 14.8 Å². The van der Waals surface area contributed by atoms with Gasteiger partial charge in [0.05, 0.1) is 19.1 Å². The third kappa shape index (κ3) is 1.62. The van der Waals surface area contributed by atoms with E-state index in [9.17, 15) is 10.0 Å². The maximum Gasteiger partial charge on any atom is 0.246 e. The van der Waals surface area contributed by atoms with E-state index in [1.807, 2.05) is 6.08 Å². The van der Waals surface area contributed by atoms with E-state index in [1.165, 1.54) is 0 Å². The standard InChI is InChI=1S/C15H22N2O2/c18-14-7-1-6-13-12-5-3-9-17(19)8-2-4-11(15(12)17)10-16(13)14/h1,7,11-13,15H,2-6,8-10H2/t11-,12-,13-,15+,17?/m1/s1. The molecule has 0 aromatic rings. The summed E-state index contributed by atoms with van der Waals surface area (Å²) >= 11 is 0. The number of quaternary nitrogens is 1. The lowest BCUT2D eigenvalue weighted by Gasteiger charge is -2.64. The number of hydroxylamine groups is 3. The fourth-order valence-electron chi connectivity index (χ4n) is 5.25. The molecule has 0 saturated carbocycles. The largest absolute Gasteiger partial charge is 0.633 e. The number of fused-ring (bicyclic) bond motifs is 2. The Hall–Kier alpha value is -0.870. The van der Waals surface area contributed by atoms with Crippen LogP contribution in [0.4, 0.5) is 0 Å². The maximum atomic E-state index is 13.1. The van der Waals surface area contributed by atoms with Crippen molar-refractivity contribution in [3.05, 3.63) is 17.4 Å². The van der Waals surface area contributed by atoms with Crippen molar-refractivity contribution < 1.29 is 9.44 Å². The maximum absolute atomic E-state index is 13.1. The van der Waals surface area contributed by atoms with Crippen molar-refractivity contribution in [3.8, 4) is 0 Å². The average Bonchev–Trinajstić information content (AvgIpc) is 2.40. The molecule has 0 aliphatic carbocycles. The molecule has 5 atom stereocenters. The van der Waals surface area contributed by atoms with Crippen LogP contribution in [-0.4, -0.2) is 47.2 Å². The van der Waals surface area contributed by atoms with E-state index in [0.29, 0.717) is 17.9 Å². The molecule has 0 spiro atoms. The van der Waals surface area contributed by atoms with E-state index in [2.05, 4.69) is 4.90 Å². The van der Waals surface area contributed by atoms with Crippen LogP contribution in [-0.2, 0) is 4.79 Å². The van der Waals surface area contributed by atoms with Crippen molar-refractivity contribution in [2.75, 3.05) is 19.6 Å². The fraction of sp³-hybridized carbons (Fsp3) is 0.800. The zero-order valence-electron chi connectivity index (χ0n) is 11.3. The van der Waals surface area contributed by atoms with Gasteiger partial charge in [0.1, 0.15) is 0 Å². The summed E-state index contributed by atoms with van der Waals surface area (Å²) in [6.07, 6.45) is 9.07. The minimum atomic E-state index is 0.0532. The van der Waals surface area contributed by atoms with Crippen LogP contribution >= 0.6 is 0 Å². The molecule has 0 aromatic heterocycles. The van der Waals surface area contributed by atoms with Crippen molar-refractivity contribution in [1.29, 1.82) is 0 Å². The first-order valence-corrected chi connectivity index (χ1v) is 7.74. The number of piperidine rings is 3. The lowest BCUT2D eigenvalue weighted by Crippen LogP contribution is -2.71. The molecule has 0 aromatic carbocycles. The van der Waals surface area contributed by atoms with Crippen LogP contribution in [0, 0.1) is 17.0 Å². The first-order valence-electron chi connectivity index (χ1n) is 7.74. The monoisotopic (exact) mass is 262 g/mol. The first-order chi connectivity index (χ1) is 9.19. The smallest absolute Gasteiger partial charge is 0.246 e. The SMILES string of the molecule is O=C1C=CC[C@@H]2[C@H]3CCC[N+]4([O-])CCC[C@H](CN12)[C@@H]34. The van der Waals surface area contributed by atoms with Crippen LogP contribution < -0.4 is 0 Å². The molecule has 0 radical (unpaired) electrons. The molecule has 4 heteroatoms. The third-order valence-corrected chi connectivity index (χ3v) is 5.90. The highest BCUT2D eigenvalue weighted by Crippen LogP contribution is 2.47. The average molecular weight is 262 g/mol. The highest BCUT2D eigenvalue weighted by atomic mass is 16.5. The Morgan fingerprint density at radius 1 is 1.26 bits per heavy atom. The van der Waals surface area contributed by atoms with Crippen molar-refractivity contribution in [2.24, 2.45) is 11.8 Å². The summed E-state index contributed by atoms with van der Waals surface area (Å²) in [6.45, 7) is 2.46. The Labute approximate surface area is 114 Å². The Morgan fingerprint density at radius 2 is 2.05 bits per heavy atom. The fourth-order valence-corrected chi connectivity index (χ4v) is 5.25. The summed E-state index contributed by atoms with van der Waals surface area (Å²) in [5.74, 6) is 1.07. The highest BCUT2D eigenvalue weighted by molar-refractivity contribution is 5.88. The number of hydrogen-bond acceptors (Lipinski definition) is 2. The zero-order valence-corrected chi connectivity index (χ0v) is 11.3. The molecule has 1 amide bonds. The summed E-state index contributed by atoms with van der Waals surface area (Å²) in [4.78, 5) is 14.2. The van der Waals surface area contributed by atoms with Gasteiger partial charge in [-0.25, -0.2) is 0 Å². The predicted molar refractivity (Wildman–Crippen MR) is 71.9 cm³/mol. The normalized spacial score (nSPS) is 48.7. The summed E-state index contributed by atoms with van der Waals surface area (Å²) < 4.78 is 0.0532. The molecule has 4 rings (SSSR count). The molecule has 4 heterocycles. The number of nitrogens with zero attached hydrogens (tertiary/aromatic N) is 2. The molecule has 4 aliphatic heterocycles. The van der Waals surface area contributed by atoms with Crippen molar-refractivity contribution in [1.82, 2.24) is 4.90 Å². The second kappa shape index (κ2) is 4.06. The Balaban J connectivity index is 1.72. The van der Waals surface area contributed by atoms with Gasteiger partial charge >= 0.3 is 0 Å². The number of hydrogen-bond donors (Lipinski definition) is 0. The van der Waals surface area contributed by atoms with Gasteiger partial charge in [-0.15, -0.1) is 0 Å². The third-order valence-electron chi connectivity index (χ3n) is 5.90. The van der Waals surface area contributed by atoms with E-state index >= 15 is 0 Å². The van der Waals surface area contributed by atoms with Gasteiger partial charge in [-0.1, -0.05) is 6.08 Å². The molecule has 1 unspecified atom stereocenters. The van der Waals surface area contributed by atoms with Gasteiger partial charge in [0.15, 0.2) is 0 Å². The number of amides is 1. The lowest BCUT2D eigenvalue weighted by atomic mass is 9.68. The van der Waals surface area contributed by atoms with Crippen molar-refractivity contribution in [3.63, 3.8) is 0 Å². The van der Waals surface area contributed by atoms with Crippen LogP contribution in [0.3, 0.4) is 0 Å². The Bertz CT molecular complexity index is 432. The van der Waals surface area contributed by atoms with Crippen molar-refractivity contribution >= 4 is 5.91 Å². The van der Waals surface area contributed by atoms with Crippen LogP contribution in [0.2, 0.25) is 0 Å².